The molecular formula is C17H18FNO. The van der Waals surface area contributed by atoms with Crippen molar-refractivity contribution in [3.63, 3.8) is 0 Å². The van der Waals surface area contributed by atoms with Gasteiger partial charge in [-0.1, -0.05) is 42.0 Å². The van der Waals surface area contributed by atoms with Crippen molar-refractivity contribution >= 4 is 0 Å². The van der Waals surface area contributed by atoms with Crippen molar-refractivity contribution in [3.8, 4) is 0 Å². The third-order valence-corrected chi connectivity index (χ3v) is 3.66. The van der Waals surface area contributed by atoms with Crippen LogP contribution in [0.5, 0.6) is 0 Å². The molecule has 0 aromatic heterocycles. The maximum absolute atomic E-state index is 13.3. The molecule has 0 aliphatic carbocycles. The summed E-state index contributed by atoms with van der Waals surface area (Å²) >= 11 is 0. The molecule has 2 atom stereocenters. The number of aryl methyl sites for hydroxylation is 1. The first-order chi connectivity index (χ1) is 9.72. The number of halogens is 1. The Bertz CT molecular complexity index is 582. The van der Waals surface area contributed by atoms with Gasteiger partial charge in [-0.25, -0.2) is 4.39 Å². The molecule has 3 rings (SSSR count). The van der Waals surface area contributed by atoms with E-state index in [2.05, 4.69) is 36.5 Å². The quantitative estimate of drug-likeness (QED) is 0.902. The van der Waals surface area contributed by atoms with Crippen LogP contribution in [0.15, 0.2) is 48.5 Å². The lowest BCUT2D eigenvalue weighted by atomic mass is 10.0. The van der Waals surface area contributed by atoms with E-state index in [4.69, 9.17) is 4.74 Å². The summed E-state index contributed by atoms with van der Waals surface area (Å²) in [5.74, 6) is -0.219. The van der Waals surface area contributed by atoms with Crippen LogP contribution in [0.3, 0.4) is 0 Å². The normalized spacial score (nSPS) is 22.7. The van der Waals surface area contributed by atoms with Crippen LogP contribution >= 0.6 is 0 Å². The zero-order chi connectivity index (χ0) is 13.9. The highest BCUT2D eigenvalue weighted by atomic mass is 19.1. The minimum atomic E-state index is -0.219. The fraction of sp³-hybridized carbons (Fsp3) is 0.294. The Morgan fingerprint density at radius 1 is 1.00 bits per heavy atom. The molecule has 2 aromatic carbocycles. The molecule has 1 saturated heterocycles. The summed E-state index contributed by atoms with van der Waals surface area (Å²) < 4.78 is 19.4. The lowest BCUT2D eigenvalue weighted by molar-refractivity contribution is -0.0407. The van der Waals surface area contributed by atoms with Gasteiger partial charge in [-0.2, -0.15) is 0 Å². The summed E-state index contributed by atoms with van der Waals surface area (Å²) in [5.41, 5.74) is 3.28. The lowest BCUT2D eigenvalue weighted by Crippen LogP contribution is -2.35. The zero-order valence-electron chi connectivity index (χ0n) is 11.5. The van der Waals surface area contributed by atoms with Gasteiger partial charge >= 0.3 is 0 Å². The minimum absolute atomic E-state index is 0.0117. The molecule has 2 nitrogen and oxygen atoms in total. The summed E-state index contributed by atoms with van der Waals surface area (Å²) in [6, 6.07) is 15.0. The van der Waals surface area contributed by atoms with Gasteiger partial charge in [-0.3, -0.25) is 0 Å². The second-order valence-corrected chi connectivity index (χ2v) is 5.24. The van der Waals surface area contributed by atoms with Crippen LogP contribution in [-0.2, 0) is 4.74 Å². The van der Waals surface area contributed by atoms with Crippen molar-refractivity contribution in [2.45, 2.75) is 19.1 Å². The largest absolute Gasteiger partial charge is 0.363 e. The van der Waals surface area contributed by atoms with E-state index in [0.29, 0.717) is 6.54 Å². The van der Waals surface area contributed by atoms with E-state index in [0.717, 1.165) is 17.7 Å². The predicted octanol–water partition coefficient (Wildman–Crippen LogP) is 3.54. The Kier molecular flexibility index (Phi) is 3.81. The first kappa shape index (κ1) is 13.3. The molecule has 1 fully saturated rings. The van der Waals surface area contributed by atoms with Gasteiger partial charge in [0.15, 0.2) is 0 Å². The highest BCUT2D eigenvalue weighted by molar-refractivity contribution is 5.25. The van der Waals surface area contributed by atoms with Crippen molar-refractivity contribution in [1.82, 2.24) is 5.32 Å². The molecule has 1 N–H and O–H groups in total. The topological polar surface area (TPSA) is 21.3 Å². The summed E-state index contributed by atoms with van der Waals surface area (Å²) in [4.78, 5) is 0. The van der Waals surface area contributed by atoms with Gasteiger partial charge in [0.25, 0.3) is 0 Å². The SMILES string of the molecule is Cc1ccc(C2CNCC(c3cccc(F)c3)O2)cc1. The smallest absolute Gasteiger partial charge is 0.123 e. The van der Waals surface area contributed by atoms with Gasteiger partial charge in [0, 0.05) is 13.1 Å². The Labute approximate surface area is 118 Å². The molecule has 0 radical (unpaired) electrons. The highest BCUT2D eigenvalue weighted by Crippen LogP contribution is 2.29. The number of hydrogen-bond donors (Lipinski definition) is 1. The van der Waals surface area contributed by atoms with Crippen LogP contribution in [0.4, 0.5) is 4.39 Å². The van der Waals surface area contributed by atoms with E-state index in [-0.39, 0.29) is 18.0 Å². The van der Waals surface area contributed by atoms with Gasteiger partial charge in [0.2, 0.25) is 0 Å². The molecule has 0 spiro atoms. The van der Waals surface area contributed by atoms with Crippen molar-refractivity contribution in [2.75, 3.05) is 13.1 Å². The summed E-state index contributed by atoms with van der Waals surface area (Å²) in [5, 5.41) is 3.37. The van der Waals surface area contributed by atoms with Crippen LogP contribution < -0.4 is 5.32 Å². The third-order valence-electron chi connectivity index (χ3n) is 3.66. The van der Waals surface area contributed by atoms with E-state index in [1.165, 1.54) is 11.6 Å². The maximum atomic E-state index is 13.3. The molecule has 2 unspecified atom stereocenters. The maximum Gasteiger partial charge on any atom is 0.123 e. The molecule has 2 aromatic rings. The fourth-order valence-corrected chi connectivity index (χ4v) is 2.52. The first-order valence-electron chi connectivity index (χ1n) is 6.90. The van der Waals surface area contributed by atoms with Crippen molar-refractivity contribution < 1.29 is 9.13 Å². The molecule has 1 heterocycles. The summed E-state index contributed by atoms with van der Waals surface area (Å²) in [7, 11) is 0. The van der Waals surface area contributed by atoms with Crippen LogP contribution in [0, 0.1) is 12.7 Å². The number of benzene rings is 2. The Morgan fingerprint density at radius 3 is 2.40 bits per heavy atom. The molecule has 1 aliphatic heterocycles. The fourth-order valence-electron chi connectivity index (χ4n) is 2.52. The number of rotatable bonds is 2. The van der Waals surface area contributed by atoms with Gasteiger partial charge in [-0.05, 0) is 30.2 Å². The Hall–Kier alpha value is -1.71. The molecule has 0 saturated carbocycles. The number of ether oxygens (including phenoxy) is 1. The summed E-state index contributed by atoms with van der Waals surface area (Å²) in [6.45, 7) is 3.57. The molecule has 0 amide bonds. The van der Waals surface area contributed by atoms with Crippen molar-refractivity contribution in [3.05, 3.63) is 71.0 Å². The van der Waals surface area contributed by atoms with E-state index >= 15 is 0 Å². The average Bonchev–Trinajstić information content (AvgIpc) is 2.48. The van der Waals surface area contributed by atoms with Crippen LogP contribution in [-0.4, -0.2) is 13.1 Å². The van der Waals surface area contributed by atoms with Gasteiger partial charge < -0.3 is 10.1 Å². The predicted molar refractivity (Wildman–Crippen MR) is 77.0 cm³/mol. The van der Waals surface area contributed by atoms with Crippen LogP contribution in [0.25, 0.3) is 0 Å². The Balaban J connectivity index is 1.78. The van der Waals surface area contributed by atoms with Crippen molar-refractivity contribution in [2.24, 2.45) is 0 Å². The standard InChI is InChI=1S/C17H18FNO/c1-12-5-7-13(8-6-12)16-10-19-11-17(20-16)14-3-2-4-15(18)9-14/h2-9,16-17,19H,10-11H2,1H3. The van der Waals surface area contributed by atoms with Crippen LogP contribution in [0.1, 0.15) is 28.9 Å². The van der Waals surface area contributed by atoms with E-state index in [9.17, 15) is 4.39 Å². The molecule has 0 bridgehead atoms. The summed E-state index contributed by atoms with van der Waals surface area (Å²) in [6.07, 6.45) is -0.0941. The first-order valence-corrected chi connectivity index (χ1v) is 6.90. The highest BCUT2D eigenvalue weighted by Gasteiger charge is 2.24. The van der Waals surface area contributed by atoms with E-state index < -0.39 is 0 Å². The zero-order valence-corrected chi connectivity index (χ0v) is 11.5. The van der Waals surface area contributed by atoms with Gasteiger partial charge in [0.1, 0.15) is 5.82 Å². The molecule has 3 heteroatoms. The number of morpholine rings is 1. The second kappa shape index (κ2) is 5.73. The van der Waals surface area contributed by atoms with Gasteiger partial charge in [-0.15, -0.1) is 0 Å². The molecule has 20 heavy (non-hydrogen) atoms. The van der Waals surface area contributed by atoms with E-state index in [1.54, 1.807) is 12.1 Å². The Morgan fingerprint density at radius 2 is 1.70 bits per heavy atom. The van der Waals surface area contributed by atoms with Gasteiger partial charge in [0.05, 0.1) is 12.2 Å². The molecular weight excluding hydrogens is 253 g/mol. The molecule has 104 valence electrons. The lowest BCUT2D eigenvalue weighted by Gasteiger charge is -2.31. The monoisotopic (exact) mass is 271 g/mol. The van der Waals surface area contributed by atoms with Crippen molar-refractivity contribution in [1.29, 1.82) is 0 Å². The minimum Gasteiger partial charge on any atom is -0.363 e. The van der Waals surface area contributed by atoms with Crippen LogP contribution in [0.2, 0.25) is 0 Å². The number of hydrogen-bond acceptors (Lipinski definition) is 2. The second-order valence-electron chi connectivity index (χ2n) is 5.24. The van der Waals surface area contributed by atoms with E-state index in [1.807, 2.05) is 6.07 Å². The molecule has 1 aliphatic rings. The third kappa shape index (κ3) is 2.89. The average molecular weight is 271 g/mol. The number of nitrogens with one attached hydrogen (secondary N) is 1.